The van der Waals surface area contributed by atoms with E-state index in [1.54, 1.807) is 47.4 Å². The van der Waals surface area contributed by atoms with E-state index in [1.807, 2.05) is 0 Å². The molecule has 122 valence electrons. The summed E-state index contributed by atoms with van der Waals surface area (Å²) in [5.74, 6) is -0.736. The molecule has 1 saturated heterocycles. The fourth-order valence-electron chi connectivity index (χ4n) is 2.40. The first-order valence-electron chi connectivity index (χ1n) is 7.52. The number of halogens is 1. The molecular formula is C18H16FN3O2. The molecule has 6 heteroatoms. The first kappa shape index (κ1) is 15.7. The summed E-state index contributed by atoms with van der Waals surface area (Å²) in [4.78, 5) is 25.1. The van der Waals surface area contributed by atoms with Crippen molar-refractivity contribution in [1.29, 1.82) is 0 Å². The maximum atomic E-state index is 13.5. The minimum Gasteiger partial charge on any atom is -0.336 e. The Morgan fingerprint density at radius 2 is 1.92 bits per heavy atom. The molecule has 3 rings (SSSR count). The number of amides is 3. The van der Waals surface area contributed by atoms with Crippen molar-refractivity contribution in [3.8, 4) is 0 Å². The molecule has 1 heterocycles. The fraction of sp³-hybridized carbons (Fsp3) is 0.111. The van der Waals surface area contributed by atoms with Crippen LogP contribution in [0.25, 0.3) is 6.08 Å². The highest BCUT2D eigenvalue weighted by Crippen LogP contribution is 2.19. The Kier molecular flexibility index (Phi) is 4.56. The highest BCUT2D eigenvalue weighted by molar-refractivity contribution is 6.02. The second-order valence-electron chi connectivity index (χ2n) is 5.27. The minimum absolute atomic E-state index is 0.125. The number of carbonyl (C=O) groups is 2. The van der Waals surface area contributed by atoms with Gasteiger partial charge in [0.1, 0.15) is 5.82 Å². The van der Waals surface area contributed by atoms with Crippen molar-refractivity contribution in [2.45, 2.75) is 0 Å². The van der Waals surface area contributed by atoms with Crippen LogP contribution >= 0.6 is 0 Å². The van der Waals surface area contributed by atoms with Crippen molar-refractivity contribution in [2.24, 2.45) is 0 Å². The Labute approximate surface area is 138 Å². The molecule has 0 atom stereocenters. The lowest BCUT2D eigenvalue weighted by atomic mass is 10.2. The molecule has 2 aromatic carbocycles. The van der Waals surface area contributed by atoms with Crippen LogP contribution in [0.15, 0.2) is 54.6 Å². The SMILES string of the molecule is O=C(/C=C/c1ccccc1F)Nc1ccc(N2CCNC2=O)cc1. The number of urea groups is 1. The molecule has 1 aliphatic heterocycles. The van der Waals surface area contributed by atoms with Crippen LogP contribution < -0.4 is 15.5 Å². The van der Waals surface area contributed by atoms with E-state index in [1.165, 1.54) is 18.2 Å². The largest absolute Gasteiger partial charge is 0.336 e. The maximum Gasteiger partial charge on any atom is 0.321 e. The zero-order chi connectivity index (χ0) is 16.9. The number of hydrogen-bond acceptors (Lipinski definition) is 2. The van der Waals surface area contributed by atoms with Gasteiger partial charge >= 0.3 is 6.03 Å². The molecule has 1 fully saturated rings. The molecule has 2 aromatic rings. The highest BCUT2D eigenvalue weighted by atomic mass is 19.1. The van der Waals surface area contributed by atoms with Crippen molar-refractivity contribution in [3.05, 3.63) is 66.0 Å². The van der Waals surface area contributed by atoms with Gasteiger partial charge in [0, 0.05) is 36.1 Å². The Balaban J connectivity index is 1.62. The van der Waals surface area contributed by atoms with Crippen molar-refractivity contribution < 1.29 is 14.0 Å². The summed E-state index contributed by atoms with van der Waals surface area (Å²) < 4.78 is 13.5. The lowest BCUT2D eigenvalue weighted by Gasteiger charge is -2.14. The molecule has 0 spiro atoms. The number of anilines is 2. The van der Waals surface area contributed by atoms with Crippen LogP contribution in [0.1, 0.15) is 5.56 Å². The Morgan fingerprint density at radius 1 is 1.17 bits per heavy atom. The molecule has 5 nitrogen and oxygen atoms in total. The normalized spacial score (nSPS) is 14.0. The third-order valence-electron chi connectivity index (χ3n) is 3.62. The summed E-state index contributed by atoms with van der Waals surface area (Å²) in [5, 5.41) is 5.42. The molecule has 0 aromatic heterocycles. The predicted molar refractivity (Wildman–Crippen MR) is 91.3 cm³/mol. The molecule has 0 bridgehead atoms. The van der Waals surface area contributed by atoms with E-state index in [0.717, 1.165) is 5.69 Å². The highest BCUT2D eigenvalue weighted by Gasteiger charge is 2.20. The van der Waals surface area contributed by atoms with E-state index in [0.29, 0.717) is 24.3 Å². The fourth-order valence-corrected chi connectivity index (χ4v) is 2.40. The Hall–Kier alpha value is -3.15. The average Bonchev–Trinajstić information content (AvgIpc) is 3.01. The smallest absolute Gasteiger partial charge is 0.321 e. The van der Waals surface area contributed by atoms with Gasteiger partial charge in [0.05, 0.1) is 0 Å². The van der Waals surface area contributed by atoms with E-state index in [4.69, 9.17) is 0 Å². The number of nitrogens with one attached hydrogen (secondary N) is 2. The number of rotatable bonds is 4. The van der Waals surface area contributed by atoms with E-state index in [-0.39, 0.29) is 17.8 Å². The first-order valence-corrected chi connectivity index (χ1v) is 7.52. The van der Waals surface area contributed by atoms with Crippen molar-refractivity contribution in [2.75, 3.05) is 23.3 Å². The zero-order valence-electron chi connectivity index (χ0n) is 12.8. The number of hydrogen-bond donors (Lipinski definition) is 2. The quantitative estimate of drug-likeness (QED) is 0.849. The van der Waals surface area contributed by atoms with Gasteiger partial charge < -0.3 is 10.6 Å². The molecule has 0 unspecified atom stereocenters. The van der Waals surface area contributed by atoms with Gasteiger partial charge in [-0.3, -0.25) is 9.69 Å². The number of nitrogens with zero attached hydrogens (tertiary/aromatic N) is 1. The summed E-state index contributed by atoms with van der Waals surface area (Å²) in [6.07, 6.45) is 2.70. The molecule has 1 aliphatic rings. The molecule has 0 aliphatic carbocycles. The summed E-state index contributed by atoms with van der Waals surface area (Å²) in [6, 6.07) is 13.1. The topological polar surface area (TPSA) is 61.4 Å². The third kappa shape index (κ3) is 3.60. The van der Waals surface area contributed by atoms with E-state index in [9.17, 15) is 14.0 Å². The number of carbonyl (C=O) groups excluding carboxylic acids is 2. The third-order valence-corrected chi connectivity index (χ3v) is 3.62. The molecule has 2 N–H and O–H groups in total. The van der Waals surface area contributed by atoms with Crippen LogP contribution in [0, 0.1) is 5.82 Å². The van der Waals surface area contributed by atoms with Crippen LogP contribution in [-0.4, -0.2) is 25.0 Å². The molecular weight excluding hydrogens is 309 g/mol. The molecule has 0 saturated carbocycles. The summed E-state index contributed by atoms with van der Waals surface area (Å²) in [5.41, 5.74) is 1.72. The van der Waals surface area contributed by atoms with Gasteiger partial charge in [-0.15, -0.1) is 0 Å². The van der Waals surface area contributed by atoms with Gasteiger partial charge in [-0.1, -0.05) is 18.2 Å². The van der Waals surface area contributed by atoms with Crippen LogP contribution in [-0.2, 0) is 4.79 Å². The Morgan fingerprint density at radius 3 is 2.58 bits per heavy atom. The van der Waals surface area contributed by atoms with Crippen molar-refractivity contribution in [3.63, 3.8) is 0 Å². The Bertz CT molecular complexity index is 787. The van der Waals surface area contributed by atoms with Gasteiger partial charge in [0.15, 0.2) is 0 Å². The van der Waals surface area contributed by atoms with E-state index >= 15 is 0 Å². The monoisotopic (exact) mass is 325 g/mol. The van der Waals surface area contributed by atoms with Crippen LogP contribution in [0.5, 0.6) is 0 Å². The van der Waals surface area contributed by atoms with Crippen LogP contribution in [0.3, 0.4) is 0 Å². The summed E-state index contributed by atoms with van der Waals surface area (Å²) in [6.45, 7) is 1.24. The van der Waals surface area contributed by atoms with Crippen LogP contribution in [0.4, 0.5) is 20.6 Å². The van der Waals surface area contributed by atoms with Gasteiger partial charge in [-0.25, -0.2) is 9.18 Å². The first-order chi connectivity index (χ1) is 11.6. The van der Waals surface area contributed by atoms with Gasteiger partial charge in [-0.2, -0.15) is 0 Å². The van der Waals surface area contributed by atoms with Crippen molar-refractivity contribution in [1.82, 2.24) is 5.32 Å². The second kappa shape index (κ2) is 6.95. The minimum atomic E-state index is -0.380. The second-order valence-corrected chi connectivity index (χ2v) is 5.27. The van der Waals surface area contributed by atoms with E-state index < -0.39 is 0 Å². The lowest BCUT2D eigenvalue weighted by molar-refractivity contribution is -0.111. The van der Waals surface area contributed by atoms with Gasteiger partial charge in [0.25, 0.3) is 0 Å². The summed E-state index contributed by atoms with van der Waals surface area (Å²) in [7, 11) is 0. The van der Waals surface area contributed by atoms with Crippen LogP contribution in [0.2, 0.25) is 0 Å². The van der Waals surface area contributed by atoms with Gasteiger partial charge in [0.2, 0.25) is 5.91 Å². The van der Waals surface area contributed by atoms with Crippen molar-refractivity contribution >= 4 is 29.4 Å². The zero-order valence-corrected chi connectivity index (χ0v) is 12.8. The number of benzene rings is 2. The molecule has 0 radical (unpaired) electrons. The van der Waals surface area contributed by atoms with Gasteiger partial charge in [-0.05, 0) is 36.4 Å². The molecule has 24 heavy (non-hydrogen) atoms. The predicted octanol–water partition coefficient (Wildman–Crippen LogP) is 3.01. The standard InChI is InChI=1S/C18H16FN3O2/c19-16-4-2-1-3-13(16)5-10-17(23)21-14-6-8-15(9-7-14)22-12-11-20-18(22)24/h1-10H,11-12H2,(H,20,24)(H,21,23)/b10-5+. The molecule has 3 amide bonds. The lowest BCUT2D eigenvalue weighted by Crippen LogP contribution is -2.27. The van der Waals surface area contributed by atoms with E-state index in [2.05, 4.69) is 10.6 Å². The maximum absolute atomic E-state index is 13.5. The summed E-state index contributed by atoms with van der Waals surface area (Å²) >= 11 is 0. The average molecular weight is 325 g/mol.